The maximum Gasteiger partial charge on any atom is 0.190 e. The molecule has 3 fully saturated rings. The quantitative estimate of drug-likeness (QED) is 0.923. The van der Waals surface area contributed by atoms with E-state index in [0.29, 0.717) is 6.61 Å². The van der Waals surface area contributed by atoms with Crippen molar-refractivity contribution in [2.75, 3.05) is 6.61 Å². The zero-order valence-electron chi connectivity index (χ0n) is 13.2. The Hall–Kier alpha value is -0.980. The van der Waals surface area contributed by atoms with Crippen molar-refractivity contribution in [1.29, 1.82) is 0 Å². The normalized spacial score (nSPS) is 35.5. The fraction of sp³-hybridized carbons (Fsp3) is 0.667. The van der Waals surface area contributed by atoms with E-state index in [4.69, 9.17) is 18.9 Å². The minimum absolute atomic E-state index is 0.0911. The monoisotopic (exact) mass is 320 g/mol. The van der Waals surface area contributed by atoms with Gasteiger partial charge in [-0.15, -0.1) is 0 Å². The summed E-state index contributed by atoms with van der Waals surface area (Å²) in [6.07, 6.45) is 3.94. The van der Waals surface area contributed by atoms with Crippen LogP contribution in [0.2, 0.25) is 0 Å². The molecule has 5 heteroatoms. The molecule has 1 aromatic rings. The highest BCUT2D eigenvalue weighted by Gasteiger charge is 2.58. The first-order valence-electron chi connectivity index (χ1n) is 8.57. The summed E-state index contributed by atoms with van der Waals surface area (Å²) in [6.45, 7) is 0.386. The molecular weight excluding hydrogens is 296 g/mol. The Balaban J connectivity index is 1.44. The molecule has 4 rings (SSSR count). The first-order valence-corrected chi connectivity index (χ1v) is 8.57. The molecule has 23 heavy (non-hydrogen) atoms. The van der Waals surface area contributed by atoms with Crippen LogP contribution in [0.25, 0.3) is 0 Å². The maximum absolute atomic E-state index is 9.57. The van der Waals surface area contributed by atoms with Crippen LogP contribution in [0.5, 0.6) is 0 Å². The van der Waals surface area contributed by atoms with Crippen molar-refractivity contribution >= 4 is 0 Å². The second-order valence-corrected chi connectivity index (χ2v) is 6.66. The fourth-order valence-electron chi connectivity index (χ4n) is 3.84. The molecule has 0 radical (unpaired) electrons. The number of fused-ring (bicyclic) bond motifs is 1. The number of hydrogen-bond acceptors (Lipinski definition) is 5. The van der Waals surface area contributed by atoms with E-state index < -0.39 is 18.2 Å². The molecule has 2 heterocycles. The molecule has 1 saturated carbocycles. The van der Waals surface area contributed by atoms with Crippen LogP contribution in [0.1, 0.15) is 37.7 Å². The smallest absolute Gasteiger partial charge is 0.190 e. The molecule has 1 spiro atoms. The van der Waals surface area contributed by atoms with Gasteiger partial charge in [0.05, 0.1) is 13.2 Å². The number of aliphatic hydroxyl groups is 1. The molecule has 126 valence electrons. The molecule has 2 aliphatic heterocycles. The lowest BCUT2D eigenvalue weighted by Crippen LogP contribution is -2.41. The SMILES string of the molecule is OCC1OC2OC3(CCCCC3)OC2C1OCc1ccccc1. The standard InChI is InChI=1S/C18H24O5/c19-11-14-15(20-12-13-7-3-1-4-8-13)16-17(21-14)23-18(22-16)9-5-2-6-10-18/h1,3-4,7-8,14-17,19H,2,5-6,9-12H2. The Morgan fingerprint density at radius 3 is 2.61 bits per heavy atom. The summed E-state index contributed by atoms with van der Waals surface area (Å²) in [7, 11) is 0. The molecule has 1 aromatic carbocycles. The van der Waals surface area contributed by atoms with Crippen LogP contribution in [0.4, 0.5) is 0 Å². The second kappa shape index (κ2) is 6.49. The zero-order valence-corrected chi connectivity index (χ0v) is 13.2. The molecule has 0 amide bonds. The third kappa shape index (κ3) is 3.04. The van der Waals surface area contributed by atoms with E-state index >= 15 is 0 Å². The number of rotatable bonds is 4. The van der Waals surface area contributed by atoms with Crippen molar-refractivity contribution in [1.82, 2.24) is 0 Å². The van der Waals surface area contributed by atoms with E-state index in [-0.39, 0.29) is 18.8 Å². The predicted molar refractivity (Wildman–Crippen MR) is 82.5 cm³/mol. The number of aliphatic hydroxyl groups excluding tert-OH is 1. The van der Waals surface area contributed by atoms with Gasteiger partial charge in [0, 0.05) is 12.8 Å². The highest BCUT2D eigenvalue weighted by Crippen LogP contribution is 2.45. The van der Waals surface area contributed by atoms with Crippen LogP contribution in [-0.2, 0) is 25.6 Å². The van der Waals surface area contributed by atoms with Crippen molar-refractivity contribution in [2.24, 2.45) is 0 Å². The minimum Gasteiger partial charge on any atom is -0.394 e. The molecule has 5 nitrogen and oxygen atoms in total. The topological polar surface area (TPSA) is 57.2 Å². The minimum atomic E-state index is -0.498. The third-order valence-electron chi connectivity index (χ3n) is 5.03. The van der Waals surface area contributed by atoms with Crippen LogP contribution < -0.4 is 0 Å². The Labute approximate surface area is 136 Å². The fourth-order valence-corrected chi connectivity index (χ4v) is 3.84. The van der Waals surface area contributed by atoms with E-state index in [1.807, 2.05) is 30.3 Å². The molecular formula is C18H24O5. The van der Waals surface area contributed by atoms with Gasteiger partial charge < -0.3 is 24.1 Å². The summed E-state index contributed by atoms with van der Waals surface area (Å²) < 4.78 is 24.2. The van der Waals surface area contributed by atoms with Gasteiger partial charge in [-0.3, -0.25) is 0 Å². The molecule has 4 unspecified atom stereocenters. The van der Waals surface area contributed by atoms with Gasteiger partial charge in [-0.2, -0.15) is 0 Å². The van der Waals surface area contributed by atoms with Gasteiger partial charge in [0.1, 0.15) is 18.3 Å². The van der Waals surface area contributed by atoms with Crippen LogP contribution in [0.3, 0.4) is 0 Å². The number of benzene rings is 1. The van der Waals surface area contributed by atoms with E-state index in [9.17, 15) is 5.11 Å². The van der Waals surface area contributed by atoms with Gasteiger partial charge >= 0.3 is 0 Å². The van der Waals surface area contributed by atoms with Gasteiger partial charge in [-0.25, -0.2) is 0 Å². The van der Waals surface area contributed by atoms with E-state index in [1.165, 1.54) is 6.42 Å². The van der Waals surface area contributed by atoms with Crippen molar-refractivity contribution in [3.63, 3.8) is 0 Å². The van der Waals surface area contributed by atoms with Gasteiger partial charge in [0.15, 0.2) is 12.1 Å². The molecule has 4 atom stereocenters. The zero-order chi connectivity index (χ0) is 15.7. The maximum atomic E-state index is 9.57. The summed E-state index contributed by atoms with van der Waals surface area (Å²) in [5, 5.41) is 9.57. The Kier molecular flexibility index (Phi) is 4.39. The third-order valence-corrected chi connectivity index (χ3v) is 5.03. The van der Waals surface area contributed by atoms with E-state index in [2.05, 4.69) is 0 Å². The highest BCUT2D eigenvalue weighted by molar-refractivity contribution is 5.13. The first kappa shape index (κ1) is 15.5. The van der Waals surface area contributed by atoms with Crippen molar-refractivity contribution in [3.8, 4) is 0 Å². The Morgan fingerprint density at radius 1 is 1.09 bits per heavy atom. The highest BCUT2D eigenvalue weighted by atomic mass is 16.8. The molecule has 2 saturated heterocycles. The molecule has 1 N–H and O–H groups in total. The van der Waals surface area contributed by atoms with Crippen molar-refractivity contribution in [2.45, 2.75) is 69.1 Å². The average Bonchev–Trinajstić information content (AvgIpc) is 3.08. The lowest BCUT2D eigenvalue weighted by molar-refractivity contribution is -0.251. The molecule has 1 aliphatic carbocycles. The lowest BCUT2D eigenvalue weighted by atomic mass is 9.94. The Morgan fingerprint density at radius 2 is 1.87 bits per heavy atom. The summed E-state index contributed by atoms with van der Waals surface area (Å²) >= 11 is 0. The molecule has 3 aliphatic rings. The van der Waals surface area contributed by atoms with Crippen LogP contribution >= 0.6 is 0 Å². The summed E-state index contributed by atoms with van der Waals surface area (Å²) in [6, 6.07) is 10.0. The summed E-state index contributed by atoms with van der Waals surface area (Å²) in [4.78, 5) is 0. The molecule has 0 aromatic heterocycles. The second-order valence-electron chi connectivity index (χ2n) is 6.66. The summed E-state index contributed by atoms with van der Waals surface area (Å²) in [5.41, 5.74) is 1.10. The van der Waals surface area contributed by atoms with Crippen molar-refractivity contribution in [3.05, 3.63) is 35.9 Å². The van der Waals surface area contributed by atoms with Gasteiger partial charge in [0.25, 0.3) is 0 Å². The number of hydrogen-bond donors (Lipinski definition) is 1. The lowest BCUT2D eigenvalue weighted by Gasteiger charge is -2.33. The first-order chi connectivity index (χ1) is 11.3. The largest absolute Gasteiger partial charge is 0.394 e. The van der Waals surface area contributed by atoms with Gasteiger partial charge in [0.2, 0.25) is 0 Å². The molecule has 0 bridgehead atoms. The average molecular weight is 320 g/mol. The van der Waals surface area contributed by atoms with Crippen LogP contribution in [0, 0.1) is 0 Å². The van der Waals surface area contributed by atoms with Crippen LogP contribution in [-0.4, -0.2) is 42.1 Å². The van der Waals surface area contributed by atoms with E-state index in [1.54, 1.807) is 0 Å². The van der Waals surface area contributed by atoms with Crippen LogP contribution in [0.15, 0.2) is 30.3 Å². The predicted octanol–water partition coefficient (Wildman–Crippen LogP) is 2.36. The summed E-state index contributed by atoms with van der Waals surface area (Å²) in [5.74, 6) is -0.498. The number of ether oxygens (including phenoxy) is 4. The Bertz CT molecular complexity index is 513. The van der Waals surface area contributed by atoms with E-state index in [0.717, 1.165) is 31.2 Å². The van der Waals surface area contributed by atoms with Gasteiger partial charge in [-0.05, 0) is 18.4 Å². The van der Waals surface area contributed by atoms with Crippen molar-refractivity contribution < 1.29 is 24.1 Å². The van der Waals surface area contributed by atoms with Gasteiger partial charge in [-0.1, -0.05) is 36.8 Å².